The van der Waals surface area contributed by atoms with Gasteiger partial charge in [0, 0.05) is 19.4 Å². The summed E-state index contributed by atoms with van der Waals surface area (Å²) < 4.78 is 7.38. The topological polar surface area (TPSA) is 53.1 Å². The van der Waals surface area contributed by atoms with E-state index < -0.39 is 0 Å². The van der Waals surface area contributed by atoms with Crippen LogP contribution in [0.1, 0.15) is 5.56 Å². The van der Waals surface area contributed by atoms with Crippen LogP contribution < -0.4 is 10.5 Å². The number of hydrogen-bond donors (Lipinski definition) is 1. The lowest BCUT2D eigenvalue weighted by molar-refractivity contribution is 0.426. The molecule has 0 amide bonds. The Morgan fingerprint density at radius 3 is 2.87 bits per heavy atom. The Morgan fingerprint density at radius 1 is 1.40 bits per heavy atom. The molecule has 0 fully saturated rings. The Morgan fingerprint density at radius 2 is 2.20 bits per heavy atom. The maximum absolute atomic E-state index is 5.89. The molecule has 2 N–H and O–H groups in total. The Bertz CT molecular complexity index is 476. The van der Waals surface area contributed by atoms with Crippen LogP contribution in [0.5, 0.6) is 11.8 Å². The van der Waals surface area contributed by atoms with Gasteiger partial charge in [-0.15, -0.1) is 0 Å². The molecule has 2 rings (SSSR count). The van der Waals surface area contributed by atoms with Crippen LogP contribution in [0.25, 0.3) is 0 Å². The molecule has 15 heavy (non-hydrogen) atoms. The van der Waals surface area contributed by atoms with E-state index in [1.165, 1.54) is 0 Å². The summed E-state index contributed by atoms with van der Waals surface area (Å²) in [7, 11) is 1.87. The van der Waals surface area contributed by atoms with Crippen molar-refractivity contribution < 1.29 is 4.74 Å². The van der Waals surface area contributed by atoms with E-state index in [1.54, 1.807) is 10.8 Å². The number of benzene rings is 1. The van der Waals surface area contributed by atoms with Gasteiger partial charge in [0.25, 0.3) is 0 Å². The molecular weight excluding hydrogens is 190 g/mol. The quantitative estimate of drug-likeness (QED) is 0.760. The molecule has 0 aliphatic heterocycles. The van der Waals surface area contributed by atoms with Gasteiger partial charge in [0.1, 0.15) is 0 Å². The zero-order valence-corrected chi connectivity index (χ0v) is 8.77. The molecule has 0 aliphatic rings. The van der Waals surface area contributed by atoms with Gasteiger partial charge in [0.15, 0.2) is 5.75 Å². The maximum atomic E-state index is 5.89. The van der Waals surface area contributed by atoms with E-state index in [-0.39, 0.29) is 0 Å². The normalized spacial score (nSPS) is 10.3. The van der Waals surface area contributed by atoms with Gasteiger partial charge in [-0.2, -0.15) is 0 Å². The minimum absolute atomic E-state index is 0.535. The van der Waals surface area contributed by atoms with Crippen molar-refractivity contribution in [1.82, 2.24) is 9.55 Å². The van der Waals surface area contributed by atoms with E-state index in [2.05, 4.69) is 4.98 Å². The van der Waals surface area contributed by atoms with Gasteiger partial charge in [-0.25, -0.2) is 4.98 Å². The fourth-order valence-electron chi connectivity index (χ4n) is 1.29. The molecule has 1 aromatic heterocycles. The molecule has 2 aromatic rings. The average Bonchev–Trinajstić information content (AvgIpc) is 2.60. The third-order valence-corrected chi connectivity index (χ3v) is 2.26. The van der Waals surface area contributed by atoms with Gasteiger partial charge >= 0.3 is 6.01 Å². The van der Waals surface area contributed by atoms with Gasteiger partial charge in [0.2, 0.25) is 0 Å². The molecule has 0 saturated heterocycles. The van der Waals surface area contributed by atoms with Crippen molar-refractivity contribution in [2.24, 2.45) is 7.05 Å². The van der Waals surface area contributed by atoms with Gasteiger partial charge in [-0.3, -0.25) is 0 Å². The van der Waals surface area contributed by atoms with Crippen LogP contribution in [0.2, 0.25) is 0 Å². The number of nitrogens with two attached hydrogens (primary N) is 1. The first-order chi connectivity index (χ1) is 7.18. The maximum Gasteiger partial charge on any atom is 0.301 e. The summed E-state index contributed by atoms with van der Waals surface area (Å²) in [6.07, 6.45) is 3.50. The highest BCUT2D eigenvalue weighted by atomic mass is 16.5. The average molecular weight is 203 g/mol. The number of anilines is 1. The summed E-state index contributed by atoms with van der Waals surface area (Å²) >= 11 is 0. The van der Waals surface area contributed by atoms with E-state index in [9.17, 15) is 0 Å². The lowest BCUT2D eigenvalue weighted by atomic mass is 10.2. The zero-order valence-electron chi connectivity index (χ0n) is 8.77. The second-order valence-corrected chi connectivity index (χ2v) is 3.41. The minimum Gasteiger partial charge on any atom is -0.423 e. The minimum atomic E-state index is 0.535. The predicted octanol–water partition coefficient (Wildman–Crippen LogP) is 2.10. The van der Waals surface area contributed by atoms with Crippen LogP contribution in [-0.4, -0.2) is 9.55 Å². The Kier molecular flexibility index (Phi) is 2.33. The number of imidazole rings is 1. The molecule has 0 aliphatic carbocycles. The van der Waals surface area contributed by atoms with E-state index in [1.807, 2.05) is 38.4 Å². The van der Waals surface area contributed by atoms with Crippen molar-refractivity contribution in [2.45, 2.75) is 6.92 Å². The molecule has 0 unspecified atom stereocenters. The van der Waals surface area contributed by atoms with E-state index in [0.717, 1.165) is 5.56 Å². The van der Waals surface area contributed by atoms with Gasteiger partial charge in [0.05, 0.1) is 5.69 Å². The van der Waals surface area contributed by atoms with Crippen molar-refractivity contribution in [1.29, 1.82) is 0 Å². The van der Waals surface area contributed by atoms with Crippen LogP contribution >= 0.6 is 0 Å². The molecule has 1 aromatic carbocycles. The smallest absolute Gasteiger partial charge is 0.301 e. The summed E-state index contributed by atoms with van der Waals surface area (Å²) in [5, 5.41) is 0. The highest BCUT2D eigenvalue weighted by Gasteiger charge is 2.06. The first-order valence-corrected chi connectivity index (χ1v) is 4.69. The standard InChI is InChI=1S/C11H13N3O/c1-8-4-3-5-9(10(8)12)15-11-13-6-7-14(11)2/h3-7H,12H2,1-2H3. The van der Waals surface area contributed by atoms with Crippen molar-refractivity contribution in [2.75, 3.05) is 5.73 Å². The van der Waals surface area contributed by atoms with Crippen LogP contribution in [0.3, 0.4) is 0 Å². The van der Waals surface area contributed by atoms with E-state index >= 15 is 0 Å². The lowest BCUT2D eigenvalue weighted by Crippen LogP contribution is -1.98. The molecule has 78 valence electrons. The highest BCUT2D eigenvalue weighted by molar-refractivity contribution is 5.58. The van der Waals surface area contributed by atoms with Crippen molar-refractivity contribution in [3.63, 3.8) is 0 Å². The predicted molar refractivity (Wildman–Crippen MR) is 58.9 cm³/mol. The number of nitrogens with zero attached hydrogens (tertiary/aromatic N) is 2. The first kappa shape index (κ1) is 9.58. The fraction of sp³-hybridized carbons (Fsp3) is 0.182. The molecule has 0 radical (unpaired) electrons. The molecule has 4 heteroatoms. The molecule has 0 saturated carbocycles. The first-order valence-electron chi connectivity index (χ1n) is 4.69. The third-order valence-electron chi connectivity index (χ3n) is 2.26. The number of para-hydroxylation sites is 1. The third kappa shape index (κ3) is 1.79. The molecular formula is C11H13N3O. The van der Waals surface area contributed by atoms with Gasteiger partial charge < -0.3 is 15.0 Å². The summed E-state index contributed by atoms with van der Waals surface area (Å²) in [5.41, 5.74) is 7.54. The molecule has 1 heterocycles. The van der Waals surface area contributed by atoms with Crippen LogP contribution in [0.4, 0.5) is 5.69 Å². The van der Waals surface area contributed by atoms with E-state index in [4.69, 9.17) is 10.5 Å². The SMILES string of the molecule is Cc1cccc(Oc2nccn2C)c1N. The second-order valence-electron chi connectivity index (χ2n) is 3.41. The van der Waals surface area contributed by atoms with Crippen molar-refractivity contribution in [3.8, 4) is 11.8 Å². The highest BCUT2D eigenvalue weighted by Crippen LogP contribution is 2.28. The zero-order chi connectivity index (χ0) is 10.8. The summed E-state index contributed by atoms with van der Waals surface area (Å²) in [4.78, 5) is 4.07. The molecule has 0 spiro atoms. The number of rotatable bonds is 2. The summed E-state index contributed by atoms with van der Waals surface area (Å²) in [5.74, 6) is 0.643. The fourth-order valence-corrected chi connectivity index (χ4v) is 1.29. The van der Waals surface area contributed by atoms with Crippen molar-refractivity contribution in [3.05, 3.63) is 36.2 Å². The van der Waals surface area contributed by atoms with Crippen molar-refractivity contribution >= 4 is 5.69 Å². The van der Waals surface area contributed by atoms with Gasteiger partial charge in [-0.05, 0) is 18.6 Å². The molecule has 0 bridgehead atoms. The second kappa shape index (κ2) is 3.65. The number of nitrogen functional groups attached to an aromatic ring is 1. The summed E-state index contributed by atoms with van der Waals surface area (Å²) in [6, 6.07) is 6.22. The number of aryl methyl sites for hydroxylation is 2. The van der Waals surface area contributed by atoms with Crippen LogP contribution in [0, 0.1) is 6.92 Å². The Labute approximate surface area is 88.3 Å². The Balaban J connectivity index is 2.33. The summed E-state index contributed by atoms with van der Waals surface area (Å²) in [6.45, 7) is 1.95. The van der Waals surface area contributed by atoms with E-state index in [0.29, 0.717) is 17.4 Å². The van der Waals surface area contributed by atoms with Gasteiger partial charge in [-0.1, -0.05) is 12.1 Å². The monoisotopic (exact) mass is 203 g/mol. The number of hydrogen-bond acceptors (Lipinski definition) is 3. The van der Waals surface area contributed by atoms with Crippen LogP contribution in [0.15, 0.2) is 30.6 Å². The molecule has 4 nitrogen and oxygen atoms in total. The Hall–Kier alpha value is -1.97. The largest absolute Gasteiger partial charge is 0.423 e. The lowest BCUT2D eigenvalue weighted by Gasteiger charge is -2.09. The van der Waals surface area contributed by atoms with Crippen LogP contribution in [-0.2, 0) is 7.05 Å². The number of ether oxygens (including phenoxy) is 1. The number of aromatic nitrogens is 2. The molecule has 0 atom stereocenters.